The van der Waals surface area contributed by atoms with Crippen molar-refractivity contribution < 1.29 is 0 Å². The zero-order chi connectivity index (χ0) is 15.6. The highest BCUT2D eigenvalue weighted by molar-refractivity contribution is 5.26. The largest absolute Gasteiger partial charge is 0.309 e. The molecule has 116 valence electrons. The molecule has 1 atom stereocenters. The van der Waals surface area contributed by atoms with Crippen molar-refractivity contribution in [1.82, 2.24) is 24.5 Å². The molecule has 0 saturated carbocycles. The molecular weight excluding hydrogens is 290 g/mol. The van der Waals surface area contributed by atoms with E-state index in [1.165, 1.54) is 5.56 Å². The quantitative estimate of drug-likeness (QED) is 0.740. The first-order chi connectivity index (χ1) is 11.3. The highest BCUT2D eigenvalue weighted by Crippen LogP contribution is 2.30. The fourth-order valence-electron chi connectivity index (χ4n) is 3.15. The fraction of sp³-hybridized carbons (Fsp3) is 0.294. The second-order valence-electron chi connectivity index (χ2n) is 5.81. The van der Waals surface area contributed by atoms with Crippen molar-refractivity contribution >= 4 is 0 Å². The van der Waals surface area contributed by atoms with Crippen molar-refractivity contribution in [2.45, 2.75) is 31.8 Å². The van der Waals surface area contributed by atoms with Gasteiger partial charge in [0.05, 0.1) is 24.5 Å². The Morgan fingerprint density at radius 1 is 1.22 bits per heavy atom. The number of hydrogen-bond donors (Lipinski definition) is 0. The van der Waals surface area contributed by atoms with Crippen molar-refractivity contribution in [2.24, 2.45) is 0 Å². The molecule has 4 rings (SSSR count). The third-order valence-electron chi connectivity index (χ3n) is 4.27. The number of nitrogens with zero attached hydrogens (tertiary/aromatic N) is 5. The number of rotatable bonds is 3. The van der Waals surface area contributed by atoms with Gasteiger partial charge < -0.3 is 4.57 Å². The number of aryl methyl sites for hydroxylation is 1. The summed E-state index contributed by atoms with van der Waals surface area (Å²) in [6.07, 6.45) is 8.72. The molecule has 3 aromatic rings. The van der Waals surface area contributed by atoms with Gasteiger partial charge in [0, 0.05) is 18.5 Å². The first-order valence-corrected chi connectivity index (χ1v) is 7.81. The van der Waals surface area contributed by atoms with E-state index in [2.05, 4.69) is 21.4 Å². The Morgan fingerprint density at radius 3 is 3.09 bits per heavy atom. The van der Waals surface area contributed by atoms with Crippen LogP contribution < -0.4 is 5.56 Å². The van der Waals surface area contributed by atoms with Crippen LogP contribution in [0.2, 0.25) is 0 Å². The van der Waals surface area contributed by atoms with Gasteiger partial charge in [-0.05, 0) is 37.0 Å². The van der Waals surface area contributed by atoms with Gasteiger partial charge in [0.25, 0.3) is 5.56 Å². The summed E-state index contributed by atoms with van der Waals surface area (Å²) < 4.78 is 3.51. The minimum absolute atomic E-state index is 0.0354. The van der Waals surface area contributed by atoms with Crippen LogP contribution in [0.3, 0.4) is 0 Å². The molecule has 0 aromatic carbocycles. The van der Waals surface area contributed by atoms with E-state index in [1.54, 1.807) is 22.9 Å². The highest BCUT2D eigenvalue weighted by Gasteiger charge is 2.23. The average molecular weight is 307 g/mol. The minimum atomic E-state index is -0.0354. The molecule has 23 heavy (non-hydrogen) atoms. The van der Waals surface area contributed by atoms with Gasteiger partial charge in [-0.2, -0.15) is 0 Å². The minimum Gasteiger partial charge on any atom is -0.309 e. The zero-order valence-electron chi connectivity index (χ0n) is 12.7. The van der Waals surface area contributed by atoms with Crippen LogP contribution in [0.25, 0.3) is 0 Å². The summed E-state index contributed by atoms with van der Waals surface area (Å²) in [4.78, 5) is 16.3. The number of fused-ring (bicyclic) bond motifs is 1. The van der Waals surface area contributed by atoms with Crippen LogP contribution in [0.1, 0.15) is 35.8 Å². The molecule has 6 nitrogen and oxygen atoms in total. The molecule has 3 heterocycles. The third kappa shape index (κ3) is 2.67. The molecule has 6 heteroatoms. The topological polar surface area (TPSA) is 65.6 Å². The number of aromatic nitrogens is 5. The second kappa shape index (κ2) is 5.79. The Labute approximate surface area is 133 Å². The maximum atomic E-state index is 11.8. The molecular formula is C17H17N5O. The molecule has 0 spiro atoms. The molecule has 0 saturated heterocycles. The van der Waals surface area contributed by atoms with Gasteiger partial charge in [-0.3, -0.25) is 9.78 Å². The SMILES string of the molecule is O=c1ccccn1Cc1cn([C@H]2CCCc3cccnc32)nn1. The molecule has 0 aliphatic heterocycles. The second-order valence-corrected chi connectivity index (χ2v) is 5.81. The Hall–Kier alpha value is -2.76. The zero-order valence-corrected chi connectivity index (χ0v) is 12.7. The standard InChI is InChI=1S/C17H17N5O/c23-16-8-1-2-10-21(16)11-14-12-22(20-19-14)15-7-3-5-13-6-4-9-18-17(13)15/h1-2,4,6,8-10,12,15H,3,5,7,11H2/t15-/m0/s1. The van der Waals surface area contributed by atoms with Crippen LogP contribution in [0.15, 0.2) is 53.7 Å². The predicted molar refractivity (Wildman–Crippen MR) is 85.1 cm³/mol. The maximum Gasteiger partial charge on any atom is 0.250 e. The van der Waals surface area contributed by atoms with Crippen LogP contribution in [0.4, 0.5) is 0 Å². The van der Waals surface area contributed by atoms with Gasteiger partial charge in [0.2, 0.25) is 0 Å². The Bertz CT molecular complexity index is 882. The first-order valence-electron chi connectivity index (χ1n) is 7.81. The fourth-order valence-corrected chi connectivity index (χ4v) is 3.15. The summed E-state index contributed by atoms with van der Waals surface area (Å²) in [5, 5.41) is 8.50. The summed E-state index contributed by atoms with van der Waals surface area (Å²) in [6.45, 7) is 0.432. The van der Waals surface area contributed by atoms with Gasteiger partial charge in [-0.25, -0.2) is 4.68 Å². The van der Waals surface area contributed by atoms with E-state index in [-0.39, 0.29) is 11.6 Å². The van der Waals surface area contributed by atoms with Crippen LogP contribution in [-0.4, -0.2) is 24.5 Å². The molecule has 0 N–H and O–H groups in total. The molecule has 0 radical (unpaired) electrons. The molecule has 3 aromatic heterocycles. The van der Waals surface area contributed by atoms with Crippen molar-refractivity contribution in [3.05, 3.63) is 76.2 Å². The van der Waals surface area contributed by atoms with Gasteiger partial charge in [-0.1, -0.05) is 17.3 Å². The van der Waals surface area contributed by atoms with E-state index in [9.17, 15) is 4.79 Å². The Balaban J connectivity index is 1.62. The van der Waals surface area contributed by atoms with E-state index < -0.39 is 0 Å². The monoisotopic (exact) mass is 307 g/mol. The lowest BCUT2D eigenvalue weighted by Gasteiger charge is -2.23. The van der Waals surface area contributed by atoms with E-state index in [0.717, 1.165) is 30.7 Å². The van der Waals surface area contributed by atoms with E-state index in [4.69, 9.17) is 0 Å². The summed E-state index contributed by atoms with van der Waals surface area (Å²) in [5.74, 6) is 0. The summed E-state index contributed by atoms with van der Waals surface area (Å²) in [7, 11) is 0. The number of hydrogen-bond acceptors (Lipinski definition) is 4. The summed E-state index contributed by atoms with van der Waals surface area (Å²) in [5.41, 5.74) is 3.13. The van der Waals surface area contributed by atoms with Crippen molar-refractivity contribution in [3.8, 4) is 0 Å². The van der Waals surface area contributed by atoms with Crippen LogP contribution in [-0.2, 0) is 13.0 Å². The molecule has 0 amide bonds. The predicted octanol–water partition coefficient (Wildman–Crippen LogP) is 1.81. The van der Waals surface area contributed by atoms with Gasteiger partial charge in [-0.15, -0.1) is 5.10 Å². The van der Waals surface area contributed by atoms with Crippen LogP contribution >= 0.6 is 0 Å². The van der Waals surface area contributed by atoms with Crippen molar-refractivity contribution in [3.63, 3.8) is 0 Å². The highest BCUT2D eigenvalue weighted by atomic mass is 16.1. The molecule has 0 bridgehead atoms. The normalized spacial score (nSPS) is 17.0. The van der Waals surface area contributed by atoms with Gasteiger partial charge in [0.15, 0.2) is 0 Å². The van der Waals surface area contributed by atoms with E-state index in [0.29, 0.717) is 6.54 Å². The lowest BCUT2D eigenvalue weighted by molar-refractivity contribution is 0.430. The van der Waals surface area contributed by atoms with E-state index >= 15 is 0 Å². The molecule has 0 fully saturated rings. The van der Waals surface area contributed by atoms with Gasteiger partial charge in [0.1, 0.15) is 5.69 Å². The van der Waals surface area contributed by atoms with Gasteiger partial charge >= 0.3 is 0 Å². The lowest BCUT2D eigenvalue weighted by atomic mass is 9.92. The molecule has 1 aliphatic carbocycles. The van der Waals surface area contributed by atoms with Crippen molar-refractivity contribution in [2.75, 3.05) is 0 Å². The summed E-state index contributed by atoms with van der Waals surface area (Å²) >= 11 is 0. The lowest BCUT2D eigenvalue weighted by Crippen LogP contribution is -2.19. The molecule has 1 aliphatic rings. The number of pyridine rings is 2. The Kier molecular flexibility index (Phi) is 3.49. The first kappa shape index (κ1) is 13.9. The maximum absolute atomic E-state index is 11.8. The third-order valence-corrected chi connectivity index (χ3v) is 4.27. The van der Waals surface area contributed by atoms with Crippen LogP contribution in [0, 0.1) is 0 Å². The van der Waals surface area contributed by atoms with Crippen molar-refractivity contribution in [1.29, 1.82) is 0 Å². The molecule has 0 unspecified atom stereocenters. The van der Waals surface area contributed by atoms with E-state index in [1.807, 2.05) is 29.2 Å². The smallest absolute Gasteiger partial charge is 0.250 e. The summed E-state index contributed by atoms with van der Waals surface area (Å²) in [6, 6.07) is 9.37. The van der Waals surface area contributed by atoms with Crippen LogP contribution in [0.5, 0.6) is 0 Å². The average Bonchev–Trinajstić information content (AvgIpc) is 3.05. The Morgan fingerprint density at radius 2 is 2.17 bits per heavy atom.